The van der Waals surface area contributed by atoms with Gasteiger partial charge in [-0.05, 0) is 32.0 Å². The summed E-state index contributed by atoms with van der Waals surface area (Å²) in [7, 11) is -4.50. The molecule has 1 atom stereocenters. The summed E-state index contributed by atoms with van der Waals surface area (Å²) in [4.78, 5) is 11.0. The quantitative estimate of drug-likeness (QED) is 0.536. The number of carbonyl (C=O) groups excluding carboxylic acids is 1. The van der Waals surface area contributed by atoms with E-state index in [-0.39, 0.29) is 19.0 Å². The number of nitrogens with one attached hydrogen (secondary N) is 3. The molecule has 0 bridgehead atoms. The van der Waals surface area contributed by atoms with Gasteiger partial charge in [-0.3, -0.25) is 4.79 Å². The molecule has 11 heteroatoms. The van der Waals surface area contributed by atoms with Crippen molar-refractivity contribution in [3.63, 3.8) is 0 Å². The van der Waals surface area contributed by atoms with Crippen molar-refractivity contribution in [2.75, 3.05) is 19.6 Å². The third-order valence-electron chi connectivity index (χ3n) is 3.23. The molecular formula is C15H23ClF3N3O3S. The second-order valence-corrected chi connectivity index (χ2v) is 7.06. The van der Waals surface area contributed by atoms with E-state index in [0.29, 0.717) is 12.6 Å². The van der Waals surface area contributed by atoms with Gasteiger partial charge in [-0.2, -0.15) is 17.9 Å². The molecule has 3 N–H and O–H groups in total. The van der Waals surface area contributed by atoms with Crippen LogP contribution in [-0.4, -0.2) is 40.0 Å². The molecule has 0 aliphatic heterocycles. The minimum absolute atomic E-state index is 0. The summed E-state index contributed by atoms with van der Waals surface area (Å²) in [5.41, 5.74) is -1.28. The molecule has 0 radical (unpaired) electrons. The monoisotopic (exact) mass is 417 g/mol. The fraction of sp³-hybridized carbons (Fsp3) is 0.533. The first-order valence-corrected chi connectivity index (χ1v) is 9.25. The van der Waals surface area contributed by atoms with Crippen LogP contribution in [0.2, 0.25) is 0 Å². The summed E-state index contributed by atoms with van der Waals surface area (Å²) < 4.78 is 65.3. The molecule has 0 saturated carbocycles. The topological polar surface area (TPSA) is 87.3 Å². The first-order chi connectivity index (χ1) is 11.6. The minimum atomic E-state index is -4.82. The van der Waals surface area contributed by atoms with E-state index in [1.165, 1.54) is 13.0 Å². The Morgan fingerprint density at radius 3 is 2.35 bits per heavy atom. The molecule has 0 fully saturated rings. The number of amides is 1. The molecule has 1 aromatic carbocycles. The molecule has 1 aromatic rings. The maximum absolute atomic E-state index is 13.0. The standard InChI is InChI=1S/C15H22F3N3O3S.ClH/c1-3-8-19-9-10-20-14(22)11(2)21-25(23,24)13-7-5-4-6-12(13)15(16,17)18;/h4-7,11,19,21H,3,8-10H2,1-2H3,(H,20,22);1H. The van der Waals surface area contributed by atoms with Gasteiger partial charge in [0.05, 0.1) is 16.5 Å². The number of sulfonamides is 1. The zero-order chi connectivity index (χ0) is 19.1. The number of hydrogen-bond acceptors (Lipinski definition) is 4. The molecule has 6 nitrogen and oxygen atoms in total. The van der Waals surface area contributed by atoms with Crippen LogP contribution in [0.1, 0.15) is 25.8 Å². The van der Waals surface area contributed by atoms with E-state index in [0.717, 1.165) is 25.1 Å². The maximum Gasteiger partial charge on any atom is 0.417 e. The number of carbonyl (C=O) groups is 1. The molecule has 1 amide bonds. The van der Waals surface area contributed by atoms with Gasteiger partial charge >= 0.3 is 6.18 Å². The van der Waals surface area contributed by atoms with Crippen LogP contribution in [0, 0.1) is 0 Å². The molecule has 0 aliphatic rings. The number of alkyl halides is 3. The van der Waals surface area contributed by atoms with Crippen molar-refractivity contribution in [1.29, 1.82) is 0 Å². The van der Waals surface area contributed by atoms with Crippen molar-refractivity contribution < 1.29 is 26.4 Å². The summed E-state index contributed by atoms with van der Waals surface area (Å²) in [6.45, 7) is 4.83. The Hall–Kier alpha value is -1.36. The number of benzene rings is 1. The van der Waals surface area contributed by atoms with Gasteiger partial charge in [0.15, 0.2) is 0 Å². The van der Waals surface area contributed by atoms with Crippen molar-refractivity contribution in [2.45, 2.75) is 37.4 Å². The predicted molar refractivity (Wildman–Crippen MR) is 94.6 cm³/mol. The van der Waals surface area contributed by atoms with Gasteiger partial charge in [0.2, 0.25) is 15.9 Å². The summed E-state index contributed by atoms with van der Waals surface area (Å²) in [6, 6.07) is 2.61. The summed E-state index contributed by atoms with van der Waals surface area (Å²) in [5, 5.41) is 5.56. The van der Waals surface area contributed by atoms with Gasteiger partial charge in [-0.15, -0.1) is 12.4 Å². The van der Waals surface area contributed by atoms with Crippen LogP contribution < -0.4 is 15.4 Å². The van der Waals surface area contributed by atoms with Gasteiger partial charge in [0.1, 0.15) is 0 Å². The highest BCUT2D eigenvalue weighted by molar-refractivity contribution is 7.89. The molecular weight excluding hydrogens is 395 g/mol. The Morgan fingerprint density at radius 1 is 1.15 bits per heavy atom. The van der Waals surface area contributed by atoms with Gasteiger partial charge < -0.3 is 10.6 Å². The van der Waals surface area contributed by atoms with Gasteiger partial charge in [-0.25, -0.2) is 8.42 Å². The number of rotatable bonds is 9. The van der Waals surface area contributed by atoms with Crippen LogP contribution in [0.25, 0.3) is 0 Å². The second-order valence-electron chi connectivity index (χ2n) is 5.38. The molecule has 0 aliphatic carbocycles. The SMILES string of the molecule is CCCNCCNC(=O)C(C)NS(=O)(=O)c1ccccc1C(F)(F)F.Cl. The molecule has 26 heavy (non-hydrogen) atoms. The lowest BCUT2D eigenvalue weighted by molar-refractivity contribution is -0.139. The molecule has 0 saturated heterocycles. The zero-order valence-corrected chi connectivity index (χ0v) is 16.0. The van der Waals surface area contributed by atoms with E-state index in [9.17, 15) is 26.4 Å². The van der Waals surface area contributed by atoms with Gasteiger partial charge in [-0.1, -0.05) is 19.1 Å². The molecule has 1 rings (SSSR count). The normalized spacial score (nSPS) is 13.0. The van der Waals surface area contributed by atoms with Crippen molar-refractivity contribution in [3.8, 4) is 0 Å². The highest BCUT2D eigenvalue weighted by Crippen LogP contribution is 2.33. The Balaban J connectivity index is 0.00000625. The molecule has 0 aromatic heterocycles. The van der Waals surface area contributed by atoms with E-state index in [2.05, 4.69) is 10.6 Å². The lowest BCUT2D eigenvalue weighted by atomic mass is 10.2. The fourth-order valence-corrected chi connectivity index (χ4v) is 3.44. The lowest BCUT2D eigenvalue weighted by Gasteiger charge is -2.17. The Bertz CT molecular complexity index is 684. The van der Waals surface area contributed by atoms with Crippen LogP contribution in [-0.2, 0) is 21.0 Å². The average Bonchev–Trinajstić information content (AvgIpc) is 2.53. The first-order valence-electron chi connectivity index (χ1n) is 7.76. The van der Waals surface area contributed by atoms with Gasteiger partial charge in [0.25, 0.3) is 0 Å². The molecule has 1 unspecified atom stereocenters. The van der Waals surface area contributed by atoms with E-state index in [4.69, 9.17) is 0 Å². The average molecular weight is 418 g/mol. The Kier molecular flexibility index (Phi) is 10.1. The van der Waals surface area contributed by atoms with Gasteiger partial charge in [0, 0.05) is 13.1 Å². The highest BCUT2D eigenvalue weighted by Gasteiger charge is 2.37. The third-order valence-corrected chi connectivity index (χ3v) is 4.83. The van der Waals surface area contributed by atoms with Crippen LogP contribution >= 0.6 is 12.4 Å². The first kappa shape index (κ1) is 24.6. The molecule has 0 spiro atoms. The number of halogens is 4. The summed E-state index contributed by atoms with van der Waals surface area (Å²) >= 11 is 0. The minimum Gasteiger partial charge on any atom is -0.353 e. The highest BCUT2D eigenvalue weighted by atomic mass is 35.5. The lowest BCUT2D eigenvalue weighted by Crippen LogP contribution is -2.46. The molecule has 0 heterocycles. The van der Waals surface area contributed by atoms with E-state index in [1.54, 1.807) is 0 Å². The molecule has 150 valence electrons. The maximum atomic E-state index is 13.0. The van der Waals surface area contributed by atoms with Crippen molar-refractivity contribution >= 4 is 28.3 Å². The van der Waals surface area contributed by atoms with Crippen LogP contribution in [0.4, 0.5) is 13.2 Å². The second kappa shape index (κ2) is 10.7. The summed E-state index contributed by atoms with van der Waals surface area (Å²) in [5.74, 6) is -0.619. The third kappa shape index (κ3) is 7.48. The predicted octanol–water partition coefficient (Wildman–Crippen LogP) is 1.91. The van der Waals surface area contributed by atoms with E-state index in [1.807, 2.05) is 11.6 Å². The smallest absolute Gasteiger partial charge is 0.353 e. The largest absolute Gasteiger partial charge is 0.417 e. The van der Waals surface area contributed by atoms with Crippen LogP contribution in [0.5, 0.6) is 0 Å². The Morgan fingerprint density at radius 2 is 1.77 bits per heavy atom. The fourth-order valence-electron chi connectivity index (χ4n) is 2.01. The van der Waals surface area contributed by atoms with Crippen molar-refractivity contribution in [3.05, 3.63) is 29.8 Å². The van der Waals surface area contributed by atoms with Crippen molar-refractivity contribution in [1.82, 2.24) is 15.4 Å². The van der Waals surface area contributed by atoms with Crippen molar-refractivity contribution in [2.24, 2.45) is 0 Å². The Labute approximate surface area is 157 Å². The van der Waals surface area contributed by atoms with Crippen LogP contribution in [0.3, 0.4) is 0 Å². The number of hydrogen-bond donors (Lipinski definition) is 3. The summed E-state index contributed by atoms with van der Waals surface area (Å²) in [6.07, 6.45) is -3.88. The van der Waals surface area contributed by atoms with Crippen LogP contribution in [0.15, 0.2) is 29.2 Å². The zero-order valence-electron chi connectivity index (χ0n) is 14.4. The van der Waals surface area contributed by atoms with E-state index < -0.39 is 38.6 Å². The van der Waals surface area contributed by atoms with E-state index >= 15 is 0 Å².